The minimum atomic E-state index is -0.403. The molecule has 0 radical (unpaired) electrons. The number of fused-ring (bicyclic) bond motifs is 1. The highest BCUT2D eigenvalue weighted by Crippen LogP contribution is 2.21. The number of amides is 1. The average Bonchev–Trinajstić information content (AvgIpc) is 2.66. The van der Waals surface area contributed by atoms with Crippen molar-refractivity contribution in [2.24, 2.45) is 0 Å². The maximum atomic E-state index is 12.4. The third kappa shape index (κ3) is 3.76. The number of carbonyl (C=O) groups excluding carboxylic acids is 1. The number of nitriles is 1. The fourth-order valence-corrected chi connectivity index (χ4v) is 2.70. The molecule has 0 saturated heterocycles. The summed E-state index contributed by atoms with van der Waals surface area (Å²) in [6, 6.07) is 23.4. The van der Waals surface area contributed by atoms with Gasteiger partial charge in [0.25, 0.3) is 5.91 Å². The lowest BCUT2D eigenvalue weighted by atomic mass is 10.0. The van der Waals surface area contributed by atoms with Gasteiger partial charge in [0.1, 0.15) is 11.6 Å². The summed E-state index contributed by atoms with van der Waals surface area (Å²) in [7, 11) is 0. The van der Waals surface area contributed by atoms with Crippen LogP contribution >= 0.6 is 0 Å². The molecule has 1 N–H and O–H groups in total. The number of hydrogen-bond donors (Lipinski definition) is 1. The predicted molar refractivity (Wildman–Crippen MR) is 102 cm³/mol. The molecule has 0 aromatic heterocycles. The van der Waals surface area contributed by atoms with E-state index in [4.69, 9.17) is 0 Å². The zero-order valence-electron chi connectivity index (χ0n) is 14.0. The van der Waals surface area contributed by atoms with Crippen molar-refractivity contribution in [1.82, 2.24) is 0 Å². The van der Waals surface area contributed by atoms with E-state index in [1.165, 1.54) is 5.56 Å². The smallest absolute Gasteiger partial charge is 0.266 e. The van der Waals surface area contributed by atoms with Crippen LogP contribution in [-0.4, -0.2) is 5.91 Å². The van der Waals surface area contributed by atoms with Crippen LogP contribution in [0, 0.1) is 11.3 Å². The first-order chi connectivity index (χ1) is 12.2. The fraction of sp³-hybridized carbons (Fsp3) is 0.0909. The molecule has 0 heterocycles. The molecule has 3 heteroatoms. The predicted octanol–water partition coefficient (Wildman–Crippen LogP) is 4.95. The van der Waals surface area contributed by atoms with Crippen molar-refractivity contribution in [1.29, 1.82) is 5.26 Å². The van der Waals surface area contributed by atoms with Gasteiger partial charge < -0.3 is 5.32 Å². The number of rotatable bonds is 4. The molecular formula is C22H18N2O. The minimum absolute atomic E-state index is 0.0796. The van der Waals surface area contributed by atoms with Crippen LogP contribution in [-0.2, 0) is 11.2 Å². The third-order valence-corrected chi connectivity index (χ3v) is 4.11. The third-order valence-electron chi connectivity index (χ3n) is 4.11. The van der Waals surface area contributed by atoms with Gasteiger partial charge in [0.2, 0.25) is 0 Å². The largest absolute Gasteiger partial charge is 0.321 e. The first-order valence-corrected chi connectivity index (χ1v) is 8.21. The maximum absolute atomic E-state index is 12.4. The second-order valence-corrected chi connectivity index (χ2v) is 5.74. The number of anilines is 1. The molecule has 3 rings (SSSR count). The van der Waals surface area contributed by atoms with Crippen molar-refractivity contribution in [3.8, 4) is 6.07 Å². The van der Waals surface area contributed by atoms with E-state index in [9.17, 15) is 10.1 Å². The molecule has 0 aliphatic heterocycles. The summed E-state index contributed by atoms with van der Waals surface area (Å²) in [6.07, 6.45) is 2.58. The Balaban J connectivity index is 1.89. The Morgan fingerprint density at radius 1 is 1.04 bits per heavy atom. The summed E-state index contributed by atoms with van der Waals surface area (Å²) in [4.78, 5) is 12.4. The normalized spacial score (nSPS) is 11.1. The summed E-state index contributed by atoms with van der Waals surface area (Å²) in [5.74, 6) is -0.403. The molecule has 0 saturated carbocycles. The topological polar surface area (TPSA) is 52.9 Å². The fourth-order valence-electron chi connectivity index (χ4n) is 2.70. The van der Waals surface area contributed by atoms with Crippen molar-refractivity contribution in [2.75, 3.05) is 5.32 Å². The number of carbonyl (C=O) groups is 1. The molecule has 3 aromatic carbocycles. The van der Waals surface area contributed by atoms with E-state index in [-0.39, 0.29) is 5.57 Å². The van der Waals surface area contributed by atoms with Crippen LogP contribution in [0.2, 0.25) is 0 Å². The lowest BCUT2D eigenvalue weighted by Crippen LogP contribution is -2.13. The average molecular weight is 326 g/mol. The zero-order valence-corrected chi connectivity index (χ0v) is 14.0. The Morgan fingerprint density at radius 2 is 1.76 bits per heavy atom. The Bertz CT molecular complexity index is 974. The maximum Gasteiger partial charge on any atom is 0.266 e. The van der Waals surface area contributed by atoms with Crippen LogP contribution in [0.15, 0.2) is 72.3 Å². The molecule has 0 aliphatic carbocycles. The summed E-state index contributed by atoms with van der Waals surface area (Å²) in [5.41, 5.74) is 2.81. The number of aryl methyl sites for hydroxylation is 1. The van der Waals surface area contributed by atoms with Crippen LogP contribution in [0.4, 0.5) is 5.69 Å². The molecule has 0 aliphatic rings. The molecule has 25 heavy (non-hydrogen) atoms. The first kappa shape index (κ1) is 16.5. The van der Waals surface area contributed by atoms with Gasteiger partial charge in [0.05, 0.1) is 0 Å². The van der Waals surface area contributed by atoms with Gasteiger partial charge in [-0.05, 0) is 46.5 Å². The van der Waals surface area contributed by atoms with Gasteiger partial charge in [0, 0.05) is 5.69 Å². The van der Waals surface area contributed by atoms with E-state index in [2.05, 4.69) is 12.2 Å². The Hall–Kier alpha value is -3.38. The minimum Gasteiger partial charge on any atom is -0.321 e. The molecule has 3 nitrogen and oxygen atoms in total. The zero-order chi connectivity index (χ0) is 17.6. The van der Waals surface area contributed by atoms with Gasteiger partial charge in [-0.2, -0.15) is 5.26 Å². The molecule has 3 aromatic rings. The van der Waals surface area contributed by atoms with Gasteiger partial charge in [-0.1, -0.05) is 61.5 Å². The van der Waals surface area contributed by atoms with Crippen molar-refractivity contribution in [3.63, 3.8) is 0 Å². The summed E-state index contributed by atoms with van der Waals surface area (Å²) in [6.45, 7) is 2.08. The first-order valence-electron chi connectivity index (χ1n) is 8.21. The molecule has 122 valence electrons. The second kappa shape index (κ2) is 7.46. The Morgan fingerprint density at radius 3 is 2.48 bits per heavy atom. The molecule has 0 fully saturated rings. The summed E-state index contributed by atoms with van der Waals surface area (Å²) >= 11 is 0. The quantitative estimate of drug-likeness (QED) is 0.545. The van der Waals surface area contributed by atoms with Gasteiger partial charge in [-0.3, -0.25) is 4.79 Å². The van der Waals surface area contributed by atoms with Crippen molar-refractivity contribution in [3.05, 3.63) is 83.4 Å². The van der Waals surface area contributed by atoms with Crippen LogP contribution in [0.5, 0.6) is 0 Å². The Kier molecular flexibility index (Phi) is 4.92. The Labute approximate surface area is 147 Å². The van der Waals surface area contributed by atoms with Crippen LogP contribution in [0.1, 0.15) is 18.1 Å². The highest BCUT2D eigenvalue weighted by atomic mass is 16.1. The number of nitrogens with one attached hydrogen (secondary N) is 1. The summed E-state index contributed by atoms with van der Waals surface area (Å²) in [5, 5.41) is 14.3. The van der Waals surface area contributed by atoms with Crippen molar-refractivity contribution < 1.29 is 4.79 Å². The standard InChI is InChI=1S/C22H18N2O/c1-2-16-10-12-20(13-11-16)24-22(25)19(15-23)14-18-8-5-7-17-6-3-4-9-21(17)18/h3-14H,2H2,1H3,(H,24,25)/b19-14-. The molecule has 0 unspecified atom stereocenters. The van der Waals surface area contributed by atoms with E-state index >= 15 is 0 Å². The molecular weight excluding hydrogens is 308 g/mol. The molecule has 0 atom stereocenters. The van der Waals surface area contributed by atoms with Crippen molar-refractivity contribution in [2.45, 2.75) is 13.3 Å². The van der Waals surface area contributed by atoms with Crippen LogP contribution in [0.3, 0.4) is 0 Å². The van der Waals surface area contributed by atoms with E-state index in [1.807, 2.05) is 72.8 Å². The monoisotopic (exact) mass is 326 g/mol. The number of benzene rings is 3. The molecule has 0 bridgehead atoms. The van der Waals surface area contributed by atoms with Gasteiger partial charge >= 0.3 is 0 Å². The lowest BCUT2D eigenvalue weighted by Gasteiger charge is -2.06. The lowest BCUT2D eigenvalue weighted by molar-refractivity contribution is -0.112. The SMILES string of the molecule is CCc1ccc(NC(=O)/C(C#N)=C\c2cccc3ccccc23)cc1. The van der Waals surface area contributed by atoms with E-state index in [1.54, 1.807) is 6.08 Å². The summed E-state index contributed by atoms with van der Waals surface area (Å²) < 4.78 is 0. The van der Waals surface area contributed by atoms with E-state index in [0.717, 1.165) is 22.8 Å². The highest BCUT2D eigenvalue weighted by molar-refractivity contribution is 6.10. The van der Waals surface area contributed by atoms with Crippen molar-refractivity contribution >= 4 is 28.4 Å². The van der Waals surface area contributed by atoms with E-state index in [0.29, 0.717) is 5.69 Å². The highest BCUT2D eigenvalue weighted by Gasteiger charge is 2.10. The molecule has 1 amide bonds. The molecule has 0 spiro atoms. The van der Waals surface area contributed by atoms with Crippen LogP contribution < -0.4 is 5.32 Å². The van der Waals surface area contributed by atoms with Gasteiger partial charge in [-0.15, -0.1) is 0 Å². The van der Waals surface area contributed by atoms with Gasteiger partial charge in [0.15, 0.2) is 0 Å². The van der Waals surface area contributed by atoms with Gasteiger partial charge in [-0.25, -0.2) is 0 Å². The van der Waals surface area contributed by atoms with Crippen LogP contribution in [0.25, 0.3) is 16.8 Å². The number of nitrogens with zero attached hydrogens (tertiary/aromatic N) is 1. The van der Waals surface area contributed by atoms with E-state index < -0.39 is 5.91 Å². The number of hydrogen-bond acceptors (Lipinski definition) is 2. The second-order valence-electron chi connectivity index (χ2n) is 5.74.